The predicted octanol–water partition coefficient (Wildman–Crippen LogP) is 3.15. The summed E-state index contributed by atoms with van der Waals surface area (Å²) in [5.74, 6) is -0.518. The Bertz CT molecular complexity index is 599. The summed E-state index contributed by atoms with van der Waals surface area (Å²) in [4.78, 5) is 24.2. The van der Waals surface area contributed by atoms with Crippen molar-refractivity contribution >= 4 is 23.3 Å². The molecule has 0 aliphatic carbocycles. The van der Waals surface area contributed by atoms with Gasteiger partial charge >= 0.3 is 0 Å². The van der Waals surface area contributed by atoms with E-state index < -0.39 is 5.92 Å². The Labute approximate surface area is 128 Å². The van der Waals surface area contributed by atoms with Crippen molar-refractivity contribution in [1.82, 2.24) is 5.32 Å². The zero-order valence-electron chi connectivity index (χ0n) is 11.5. The van der Waals surface area contributed by atoms with Gasteiger partial charge in [-0.3, -0.25) is 9.59 Å². The number of halogens is 1. The molecule has 4 heteroatoms. The molecule has 0 fully saturated rings. The molecule has 1 amide bonds. The molecular weight excluding hydrogens is 286 g/mol. The van der Waals surface area contributed by atoms with Crippen LogP contribution in [0.15, 0.2) is 60.7 Å². The lowest BCUT2D eigenvalue weighted by Gasteiger charge is -2.14. The molecule has 1 N–H and O–H groups in total. The number of carbonyl (C=O) groups is 2. The molecule has 2 rings (SSSR count). The Hall–Kier alpha value is -2.13. The van der Waals surface area contributed by atoms with E-state index >= 15 is 0 Å². The van der Waals surface area contributed by atoms with Gasteiger partial charge < -0.3 is 5.32 Å². The average Bonchev–Trinajstić information content (AvgIpc) is 2.56. The van der Waals surface area contributed by atoms with Crippen LogP contribution in [0, 0.1) is 5.92 Å². The molecule has 21 heavy (non-hydrogen) atoms. The highest BCUT2D eigenvalue weighted by atomic mass is 35.5. The Kier molecular flexibility index (Phi) is 5.52. The van der Waals surface area contributed by atoms with E-state index in [-0.39, 0.29) is 24.1 Å². The molecule has 3 nitrogen and oxygen atoms in total. The van der Waals surface area contributed by atoms with E-state index in [4.69, 9.17) is 11.6 Å². The fraction of sp³-hybridized carbons (Fsp3) is 0.176. The Morgan fingerprint density at radius 2 is 1.43 bits per heavy atom. The van der Waals surface area contributed by atoms with E-state index in [9.17, 15) is 9.59 Å². The summed E-state index contributed by atoms with van der Waals surface area (Å²) >= 11 is 5.87. The van der Waals surface area contributed by atoms with Crippen LogP contribution in [0.25, 0.3) is 0 Å². The summed E-state index contributed by atoms with van der Waals surface area (Å²) in [6.45, 7) is 0.227. The highest BCUT2D eigenvalue weighted by molar-refractivity contribution is 6.20. The molecule has 0 heterocycles. The van der Waals surface area contributed by atoms with Crippen molar-refractivity contribution in [2.24, 2.45) is 5.92 Å². The second-order valence-corrected chi connectivity index (χ2v) is 4.97. The van der Waals surface area contributed by atoms with Gasteiger partial charge in [-0.2, -0.15) is 0 Å². The van der Waals surface area contributed by atoms with Gasteiger partial charge in [0.15, 0.2) is 5.78 Å². The van der Waals surface area contributed by atoms with Crippen LogP contribution < -0.4 is 5.32 Å². The number of Topliss-reactive ketones (excluding diaryl/α,β-unsaturated/α-hetero) is 1. The minimum atomic E-state index is -0.429. The third-order valence-electron chi connectivity index (χ3n) is 3.16. The SMILES string of the molecule is O=C(NCC(CCl)C(=O)c1ccccc1)c1ccccc1. The molecule has 2 aromatic carbocycles. The van der Waals surface area contributed by atoms with E-state index in [0.717, 1.165) is 0 Å². The van der Waals surface area contributed by atoms with Crippen LogP contribution >= 0.6 is 11.6 Å². The quantitative estimate of drug-likeness (QED) is 0.658. The van der Waals surface area contributed by atoms with Crippen LogP contribution in [0.3, 0.4) is 0 Å². The van der Waals surface area contributed by atoms with Crippen LogP contribution in [-0.4, -0.2) is 24.1 Å². The standard InChI is InChI=1S/C17H16ClNO2/c18-11-15(16(20)13-7-3-1-4-8-13)12-19-17(21)14-9-5-2-6-10-14/h1-10,15H,11-12H2,(H,19,21). The summed E-state index contributed by atoms with van der Waals surface area (Å²) in [6.07, 6.45) is 0. The molecular formula is C17H16ClNO2. The highest BCUT2D eigenvalue weighted by Gasteiger charge is 2.20. The lowest BCUT2D eigenvalue weighted by atomic mass is 9.99. The first-order chi connectivity index (χ1) is 10.2. The Balaban J connectivity index is 1.97. The summed E-state index contributed by atoms with van der Waals surface area (Å²) < 4.78 is 0. The monoisotopic (exact) mass is 301 g/mol. The largest absolute Gasteiger partial charge is 0.351 e. The van der Waals surface area contributed by atoms with Gasteiger partial charge in [0.25, 0.3) is 5.91 Å². The third kappa shape index (κ3) is 4.17. The van der Waals surface area contributed by atoms with Crippen molar-refractivity contribution in [2.75, 3.05) is 12.4 Å². The summed E-state index contributed by atoms with van der Waals surface area (Å²) in [5.41, 5.74) is 1.18. The molecule has 0 spiro atoms. The van der Waals surface area contributed by atoms with Crippen molar-refractivity contribution in [1.29, 1.82) is 0 Å². The maximum atomic E-state index is 12.3. The molecule has 0 aliphatic heterocycles. The lowest BCUT2D eigenvalue weighted by molar-refractivity contribution is 0.0904. The number of alkyl halides is 1. The summed E-state index contributed by atoms with van der Waals surface area (Å²) in [7, 11) is 0. The summed E-state index contributed by atoms with van der Waals surface area (Å²) in [5, 5.41) is 2.76. The molecule has 0 radical (unpaired) electrons. The van der Waals surface area contributed by atoms with Crippen molar-refractivity contribution in [3.05, 3.63) is 71.8 Å². The van der Waals surface area contributed by atoms with Gasteiger partial charge in [0, 0.05) is 23.6 Å². The zero-order valence-corrected chi connectivity index (χ0v) is 12.2. The number of hydrogen-bond donors (Lipinski definition) is 1. The molecule has 0 aromatic heterocycles. The van der Waals surface area contributed by atoms with Crippen LogP contribution in [0.4, 0.5) is 0 Å². The second kappa shape index (κ2) is 7.60. The number of hydrogen-bond acceptors (Lipinski definition) is 2. The topological polar surface area (TPSA) is 46.2 Å². The van der Waals surface area contributed by atoms with Gasteiger partial charge in [-0.25, -0.2) is 0 Å². The van der Waals surface area contributed by atoms with E-state index in [1.165, 1.54) is 0 Å². The number of rotatable bonds is 6. The number of benzene rings is 2. The van der Waals surface area contributed by atoms with Gasteiger partial charge in [0.1, 0.15) is 0 Å². The Morgan fingerprint density at radius 3 is 1.95 bits per heavy atom. The van der Waals surface area contributed by atoms with Gasteiger partial charge in [0.2, 0.25) is 0 Å². The molecule has 0 saturated heterocycles. The molecule has 0 bridgehead atoms. The minimum absolute atomic E-state index is 0.0565. The molecule has 2 aromatic rings. The lowest BCUT2D eigenvalue weighted by Crippen LogP contribution is -2.34. The van der Waals surface area contributed by atoms with Crippen LogP contribution in [0.5, 0.6) is 0 Å². The summed E-state index contributed by atoms with van der Waals surface area (Å²) in [6, 6.07) is 17.9. The fourth-order valence-corrected chi connectivity index (χ4v) is 2.21. The van der Waals surface area contributed by atoms with E-state index in [0.29, 0.717) is 11.1 Å². The minimum Gasteiger partial charge on any atom is -0.351 e. The first kappa shape index (κ1) is 15.3. The van der Waals surface area contributed by atoms with E-state index in [1.54, 1.807) is 48.5 Å². The van der Waals surface area contributed by atoms with E-state index in [2.05, 4.69) is 5.32 Å². The molecule has 1 unspecified atom stereocenters. The van der Waals surface area contributed by atoms with Crippen molar-refractivity contribution < 1.29 is 9.59 Å². The van der Waals surface area contributed by atoms with E-state index in [1.807, 2.05) is 12.1 Å². The highest BCUT2D eigenvalue weighted by Crippen LogP contribution is 2.10. The van der Waals surface area contributed by atoms with Crippen LogP contribution in [-0.2, 0) is 0 Å². The molecule has 108 valence electrons. The first-order valence-corrected chi connectivity index (χ1v) is 7.24. The number of carbonyl (C=O) groups excluding carboxylic acids is 2. The molecule has 0 saturated carbocycles. The maximum absolute atomic E-state index is 12.3. The van der Waals surface area contributed by atoms with Gasteiger partial charge in [0.05, 0.1) is 5.92 Å². The molecule has 1 atom stereocenters. The predicted molar refractivity (Wildman–Crippen MR) is 83.8 cm³/mol. The van der Waals surface area contributed by atoms with Crippen LogP contribution in [0.1, 0.15) is 20.7 Å². The number of nitrogens with one attached hydrogen (secondary N) is 1. The van der Waals surface area contributed by atoms with Crippen molar-refractivity contribution in [3.8, 4) is 0 Å². The van der Waals surface area contributed by atoms with Crippen molar-refractivity contribution in [3.63, 3.8) is 0 Å². The second-order valence-electron chi connectivity index (χ2n) is 4.66. The van der Waals surface area contributed by atoms with Gasteiger partial charge in [-0.1, -0.05) is 48.5 Å². The zero-order chi connectivity index (χ0) is 15.1. The fourth-order valence-electron chi connectivity index (χ4n) is 1.96. The third-order valence-corrected chi connectivity index (χ3v) is 3.53. The van der Waals surface area contributed by atoms with Crippen LogP contribution in [0.2, 0.25) is 0 Å². The smallest absolute Gasteiger partial charge is 0.251 e. The average molecular weight is 302 g/mol. The van der Waals surface area contributed by atoms with Gasteiger partial charge in [-0.15, -0.1) is 11.6 Å². The molecule has 0 aliphatic rings. The van der Waals surface area contributed by atoms with Crippen molar-refractivity contribution in [2.45, 2.75) is 0 Å². The number of ketones is 1. The first-order valence-electron chi connectivity index (χ1n) is 6.71. The normalized spacial score (nSPS) is 11.7. The van der Waals surface area contributed by atoms with Gasteiger partial charge in [-0.05, 0) is 12.1 Å². The maximum Gasteiger partial charge on any atom is 0.251 e. The Morgan fingerprint density at radius 1 is 0.905 bits per heavy atom. The number of amides is 1.